The van der Waals surface area contributed by atoms with Crippen LogP contribution in [-0.4, -0.2) is 18.8 Å². The molecule has 2 N–H and O–H groups in total. The topological polar surface area (TPSA) is 24.1 Å². The maximum absolute atomic E-state index is 12.4. The molecule has 1 rings (SSSR count). The van der Waals surface area contributed by atoms with Crippen LogP contribution in [-0.2, 0) is 0 Å². The first-order valence-electron chi connectivity index (χ1n) is 4.60. The van der Waals surface area contributed by atoms with Gasteiger partial charge in [0, 0.05) is 6.54 Å². The molecule has 0 spiro atoms. The number of halogens is 4. The van der Waals surface area contributed by atoms with Crippen molar-refractivity contribution in [1.82, 2.24) is 10.6 Å². The fourth-order valence-corrected chi connectivity index (χ4v) is 1.81. The van der Waals surface area contributed by atoms with Gasteiger partial charge in [-0.2, -0.15) is 13.2 Å². The van der Waals surface area contributed by atoms with E-state index in [1.54, 1.807) is 0 Å². The van der Waals surface area contributed by atoms with Crippen LogP contribution in [0.4, 0.5) is 13.2 Å². The minimum atomic E-state index is -4.26. The summed E-state index contributed by atoms with van der Waals surface area (Å²) in [5.74, 6) is 0. The van der Waals surface area contributed by atoms with Crippen LogP contribution in [0.1, 0.15) is 6.92 Å². The Morgan fingerprint density at radius 1 is 1.62 bits per heavy atom. The Morgan fingerprint density at radius 3 is 2.69 bits per heavy atom. The first-order chi connectivity index (χ1) is 7.30. The Kier molecular flexibility index (Phi) is 4.28. The van der Waals surface area contributed by atoms with Crippen molar-refractivity contribution in [3.05, 3.63) is 33.7 Å². The maximum atomic E-state index is 12.4. The first-order valence-corrected chi connectivity index (χ1v) is 5.68. The summed E-state index contributed by atoms with van der Waals surface area (Å²) in [5.41, 5.74) is 1.58. The van der Waals surface area contributed by atoms with Crippen molar-refractivity contribution < 1.29 is 13.2 Å². The largest absolute Gasteiger partial charge is 0.412 e. The van der Waals surface area contributed by atoms with Crippen LogP contribution in [0.2, 0.25) is 0 Å². The van der Waals surface area contributed by atoms with Gasteiger partial charge in [0.25, 0.3) is 0 Å². The average Bonchev–Trinajstić information content (AvgIpc) is 2.14. The second-order valence-corrected chi connectivity index (χ2v) is 4.64. The summed E-state index contributed by atoms with van der Waals surface area (Å²) in [6.45, 7) is 6.10. The van der Waals surface area contributed by atoms with Crippen molar-refractivity contribution in [3.8, 4) is 0 Å². The summed E-state index contributed by atoms with van der Waals surface area (Å²) >= 11 is 1.85. The highest BCUT2D eigenvalue weighted by atomic mass is 127. The molecular weight excluding hydrogens is 332 g/mol. The molecule has 0 fully saturated rings. The van der Waals surface area contributed by atoms with Crippen LogP contribution in [0, 0.1) is 0 Å². The molecule has 90 valence electrons. The zero-order valence-electron chi connectivity index (χ0n) is 8.66. The van der Waals surface area contributed by atoms with Gasteiger partial charge in [-0.3, -0.25) is 0 Å². The predicted octanol–water partition coefficient (Wildman–Crippen LogP) is 2.85. The lowest BCUT2D eigenvalue weighted by Gasteiger charge is -2.24. The zero-order chi connectivity index (χ0) is 12.3. The summed E-state index contributed by atoms with van der Waals surface area (Å²) in [5, 5.41) is 5.39. The van der Waals surface area contributed by atoms with Crippen LogP contribution in [0.15, 0.2) is 33.7 Å². The predicted molar refractivity (Wildman–Crippen MR) is 66.0 cm³/mol. The van der Waals surface area contributed by atoms with Gasteiger partial charge in [0.2, 0.25) is 0 Å². The van der Waals surface area contributed by atoms with E-state index < -0.39 is 12.2 Å². The highest BCUT2D eigenvalue weighted by molar-refractivity contribution is 14.1. The van der Waals surface area contributed by atoms with Crippen molar-refractivity contribution >= 4 is 22.6 Å². The Balaban J connectivity index is 2.65. The number of nitrogens with one attached hydrogen (secondary N) is 2. The van der Waals surface area contributed by atoms with Gasteiger partial charge in [0.05, 0.1) is 9.40 Å². The van der Waals surface area contributed by atoms with Gasteiger partial charge >= 0.3 is 6.18 Å². The molecule has 0 aromatic heterocycles. The van der Waals surface area contributed by atoms with Crippen molar-refractivity contribution in [2.75, 3.05) is 6.54 Å². The summed E-state index contributed by atoms with van der Waals surface area (Å²) in [6, 6.07) is -1.60. The molecule has 0 saturated heterocycles. The van der Waals surface area contributed by atoms with Crippen LogP contribution in [0.3, 0.4) is 0 Å². The first kappa shape index (κ1) is 13.4. The third kappa shape index (κ3) is 3.73. The van der Waals surface area contributed by atoms with Crippen LogP contribution in [0.5, 0.6) is 0 Å². The van der Waals surface area contributed by atoms with E-state index in [0.29, 0.717) is 15.9 Å². The fourth-order valence-electron chi connectivity index (χ4n) is 1.10. The van der Waals surface area contributed by atoms with Gasteiger partial charge < -0.3 is 10.6 Å². The summed E-state index contributed by atoms with van der Waals surface area (Å²) in [6.07, 6.45) is -1.71. The van der Waals surface area contributed by atoms with Crippen LogP contribution < -0.4 is 10.6 Å². The molecule has 1 aliphatic rings. The van der Waals surface area contributed by atoms with Crippen molar-refractivity contribution in [2.24, 2.45) is 0 Å². The molecule has 0 saturated carbocycles. The third-order valence-corrected chi connectivity index (χ3v) is 2.80. The number of rotatable bonds is 3. The highest BCUT2D eigenvalue weighted by Crippen LogP contribution is 2.26. The second kappa shape index (κ2) is 5.11. The summed E-state index contributed by atoms with van der Waals surface area (Å²) in [7, 11) is 0. The summed E-state index contributed by atoms with van der Waals surface area (Å²) in [4.78, 5) is 0. The molecule has 1 unspecified atom stereocenters. The van der Waals surface area contributed by atoms with E-state index in [1.807, 2.05) is 29.5 Å². The molecule has 1 aliphatic heterocycles. The van der Waals surface area contributed by atoms with Gasteiger partial charge in [-0.15, -0.1) is 0 Å². The van der Waals surface area contributed by atoms with Crippen molar-refractivity contribution in [1.29, 1.82) is 0 Å². The summed E-state index contributed by atoms with van der Waals surface area (Å²) < 4.78 is 37.6. The van der Waals surface area contributed by atoms with Gasteiger partial charge in [-0.25, -0.2) is 0 Å². The van der Waals surface area contributed by atoms with E-state index in [9.17, 15) is 13.2 Å². The van der Waals surface area contributed by atoms with Gasteiger partial charge in [-0.05, 0) is 35.6 Å². The molecule has 16 heavy (non-hydrogen) atoms. The van der Waals surface area contributed by atoms with E-state index in [-0.39, 0.29) is 0 Å². The van der Waals surface area contributed by atoms with Gasteiger partial charge in [0.15, 0.2) is 0 Å². The molecule has 2 nitrogen and oxygen atoms in total. The molecule has 1 heterocycles. The standard InChI is InChI=1S/C10H12F3IN2/c1-6(2)5-15-7-3-4-8(10(11,12)13)16-9(7)14/h3-4,8,15-16H,1,5H2,2H3. The highest BCUT2D eigenvalue weighted by Gasteiger charge is 2.39. The number of hydrogen-bond acceptors (Lipinski definition) is 2. The SMILES string of the molecule is C=C(C)CNC1=C(I)NC(C(F)(F)F)C=C1. The normalized spacial score (nSPS) is 20.7. The quantitative estimate of drug-likeness (QED) is 0.467. The second-order valence-electron chi connectivity index (χ2n) is 3.56. The number of alkyl halides is 3. The molecule has 0 amide bonds. The minimum absolute atomic E-state index is 0.462. The number of allylic oxidation sites excluding steroid dienone is 1. The molecule has 0 aliphatic carbocycles. The van der Waals surface area contributed by atoms with Crippen molar-refractivity contribution in [2.45, 2.75) is 19.1 Å². The Bertz CT molecular complexity index is 344. The number of hydrogen-bond donors (Lipinski definition) is 2. The molecule has 0 bridgehead atoms. The lowest BCUT2D eigenvalue weighted by molar-refractivity contribution is -0.142. The maximum Gasteiger partial charge on any atom is 0.412 e. The zero-order valence-corrected chi connectivity index (χ0v) is 10.8. The average molecular weight is 344 g/mol. The van der Waals surface area contributed by atoms with Crippen LogP contribution in [0.25, 0.3) is 0 Å². The molecule has 0 aromatic rings. The van der Waals surface area contributed by atoms with Crippen molar-refractivity contribution in [3.63, 3.8) is 0 Å². The van der Waals surface area contributed by atoms with E-state index in [1.165, 1.54) is 6.08 Å². The lowest BCUT2D eigenvalue weighted by atomic mass is 10.2. The molecule has 0 aromatic carbocycles. The molecular formula is C10H12F3IN2. The fraction of sp³-hybridized carbons (Fsp3) is 0.400. The Morgan fingerprint density at radius 2 is 2.25 bits per heavy atom. The Hall–Kier alpha value is -0.660. The van der Waals surface area contributed by atoms with E-state index in [0.717, 1.165) is 11.6 Å². The van der Waals surface area contributed by atoms with E-state index in [4.69, 9.17) is 0 Å². The van der Waals surface area contributed by atoms with E-state index >= 15 is 0 Å². The minimum Gasteiger partial charge on any atom is -0.379 e. The van der Waals surface area contributed by atoms with Gasteiger partial charge in [0.1, 0.15) is 6.04 Å². The van der Waals surface area contributed by atoms with Crippen LogP contribution >= 0.6 is 22.6 Å². The number of dihydropyridines is 1. The van der Waals surface area contributed by atoms with Gasteiger partial charge in [-0.1, -0.05) is 18.2 Å². The molecule has 1 atom stereocenters. The Labute approximate surface area is 106 Å². The molecule has 6 heteroatoms. The van der Waals surface area contributed by atoms with E-state index in [2.05, 4.69) is 17.2 Å². The molecule has 0 radical (unpaired) electrons. The lowest BCUT2D eigenvalue weighted by Crippen LogP contribution is -2.42. The third-order valence-electron chi connectivity index (χ3n) is 1.91. The smallest absolute Gasteiger partial charge is 0.379 e. The monoisotopic (exact) mass is 344 g/mol.